The van der Waals surface area contributed by atoms with Gasteiger partial charge in [0.25, 0.3) is 0 Å². The Morgan fingerprint density at radius 3 is 2.59 bits per heavy atom. The van der Waals surface area contributed by atoms with Crippen molar-refractivity contribution >= 4 is 11.6 Å². The average molecular weight is 590 g/mol. The van der Waals surface area contributed by atoms with Gasteiger partial charge in [-0.15, -0.1) is 0 Å². The lowest BCUT2D eigenvalue weighted by atomic mass is 9.81. The van der Waals surface area contributed by atoms with Crippen LogP contribution in [0.5, 0.6) is 5.75 Å². The van der Waals surface area contributed by atoms with E-state index >= 15 is 4.39 Å². The molecule has 8 heteroatoms. The lowest BCUT2D eigenvalue weighted by Gasteiger charge is -2.32. The zero-order valence-corrected chi connectivity index (χ0v) is 25.1. The maximum atomic E-state index is 15.6. The van der Waals surface area contributed by atoms with Gasteiger partial charge in [0.05, 0.1) is 42.8 Å². The Kier molecular flexibility index (Phi) is 8.77. The molecule has 0 fully saturated rings. The lowest BCUT2D eigenvalue weighted by Crippen LogP contribution is -2.36. The van der Waals surface area contributed by atoms with Crippen LogP contribution in [0.15, 0.2) is 97.6 Å². The lowest BCUT2D eigenvalue weighted by molar-refractivity contribution is -0.120. The Morgan fingerprint density at radius 1 is 1.00 bits per heavy atom. The van der Waals surface area contributed by atoms with Crippen molar-refractivity contribution in [3.63, 3.8) is 0 Å². The largest absolute Gasteiger partial charge is 0.489 e. The smallest absolute Gasteiger partial charge is 0.235 e. The number of nitrogens with zero attached hydrogens (tertiary/aromatic N) is 5. The number of hydrogen-bond donors (Lipinski definition) is 0. The third-order valence-corrected chi connectivity index (χ3v) is 8.08. The molecule has 224 valence electrons. The molecule has 0 N–H and O–H groups in total. The highest BCUT2D eigenvalue weighted by atomic mass is 19.1. The summed E-state index contributed by atoms with van der Waals surface area (Å²) in [4.78, 5) is 25.2. The summed E-state index contributed by atoms with van der Waals surface area (Å²) in [6.45, 7) is 5.34. The second kappa shape index (κ2) is 13.2. The first kappa shape index (κ1) is 29.2. The molecule has 1 aliphatic carbocycles. The molecule has 6 rings (SSSR count). The molecule has 1 aliphatic rings. The molecule has 1 unspecified atom stereocenters. The van der Waals surface area contributed by atoms with E-state index in [1.165, 1.54) is 6.07 Å². The van der Waals surface area contributed by atoms with Gasteiger partial charge in [-0.3, -0.25) is 19.4 Å². The summed E-state index contributed by atoms with van der Waals surface area (Å²) in [5, 5.41) is 4.52. The fourth-order valence-electron chi connectivity index (χ4n) is 5.79. The summed E-state index contributed by atoms with van der Waals surface area (Å²) < 4.78 is 23.6. The molecular weight excluding hydrogens is 553 g/mol. The number of hydrogen-bond acceptors (Lipinski definition) is 5. The minimum absolute atomic E-state index is 0.165. The number of aromatic nitrogens is 4. The minimum atomic E-state index is -0.646. The van der Waals surface area contributed by atoms with Gasteiger partial charge in [0, 0.05) is 34.8 Å². The summed E-state index contributed by atoms with van der Waals surface area (Å²) in [6.07, 6.45) is 9.16. The molecule has 2 aromatic carbocycles. The third kappa shape index (κ3) is 6.54. The first-order valence-corrected chi connectivity index (χ1v) is 15.1. The van der Waals surface area contributed by atoms with Gasteiger partial charge >= 0.3 is 0 Å². The van der Waals surface area contributed by atoms with E-state index in [2.05, 4.69) is 28.9 Å². The van der Waals surface area contributed by atoms with Crippen LogP contribution in [0.25, 0.3) is 0 Å². The van der Waals surface area contributed by atoms with Crippen molar-refractivity contribution in [3.05, 3.63) is 137 Å². The molecule has 3 aromatic heterocycles. The van der Waals surface area contributed by atoms with Crippen molar-refractivity contribution < 1.29 is 13.9 Å². The summed E-state index contributed by atoms with van der Waals surface area (Å²) in [5.41, 5.74) is 5.61. The van der Waals surface area contributed by atoms with Crippen molar-refractivity contribution in [1.29, 1.82) is 0 Å². The van der Waals surface area contributed by atoms with Crippen LogP contribution in [0.1, 0.15) is 72.2 Å². The Morgan fingerprint density at radius 2 is 1.84 bits per heavy atom. The van der Waals surface area contributed by atoms with Gasteiger partial charge in [0.1, 0.15) is 18.2 Å². The predicted molar refractivity (Wildman–Crippen MR) is 168 cm³/mol. The van der Waals surface area contributed by atoms with Crippen molar-refractivity contribution in [3.8, 4) is 5.75 Å². The van der Waals surface area contributed by atoms with Crippen LogP contribution >= 0.6 is 0 Å². The molecular formula is C36H36FN5O2. The van der Waals surface area contributed by atoms with E-state index in [1.54, 1.807) is 29.6 Å². The van der Waals surface area contributed by atoms with Gasteiger partial charge in [0.15, 0.2) is 0 Å². The molecule has 7 nitrogen and oxygen atoms in total. The van der Waals surface area contributed by atoms with E-state index in [4.69, 9.17) is 4.74 Å². The number of ether oxygens (including phenoxy) is 1. The zero-order valence-electron chi connectivity index (χ0n) is 25.1. The summed E-state index contributed by atoms with van der Waals surface area (Å²) in [6, 6.07) is 22.7. The SMILES string of the molecule is CC(C)c1ccc(N(Cc2cnn(Cc3ccccn3)c2)C(=O)C2CCCc3c(OCc4ccccc4)ccc(F)c32)cn1. The van der Waals surface area contributed by atoms with Crippen LogP contribution in [-0.4, -0.2) is 25.7 Å². The molecule has 3 heterocycles. The zero-order chi connectivity index (χ0) is 30.5. The first-order valence-electron chi connectivity index (χ1n) is 15.1. The number of pyridine rings is 2. The highest BCUT2D eigenvalue weighted by molar-refractivity contribution is 5.98. The molecule has 5 aromatic rings. The minimum Gasteiger partial charge on any atom is -0.489 e. The van der Waals surface area contributed by atoms with Gasteiger partial charge < -0.3 is 9.64 Å². The van der Waals surface area contributed by atoms with Crippen molar-refractivity contribution in [2.45, 2.75) is 64.6 Å². The van der Waals surface area contributed by atoms with Gasteiger partial charge in [0.2, 0.25) is 5.91 Å². The molecule has 1 atom stereocenters. The Labute approximate surface area is 257 Å². The second-order valence-corrected chi connectivity index (χ2v) is 11.5. The fourth-order valence-corrected chi connectivity index (χ4v) is 5.79. The first-order chi connectivity index (χ1) is 21.5. The van der Waals surface area contributed by atoms with Gasteiger partial charge in [-0.05, 0) is 67.1 Å². The monoisotopic (exact) mass is 589 g/mol. The summed E-state index contributed by atoms with van der Waals surface area (Å²) in [7, 11) is 0. The highest BCUT2D eigenvalue weighted by Crippen LogP contribution is 2.40. The topological polar surface area (TPSA) is 73.1 Å². The fraction of sp³-hybridized carbons (Fsp3) is 0.278. The molecule has 0 aliphatic heterocycles. The quantitative estimate of drug-likeness (QED) is 0.172. The second-order valence-electron chi connectivity index (χ2n) is 11.5. The molecule has 44 heavy (non-hydrogen) atoms. The summed E-state index contributed by atoms with van der Waals surface area (Å²) >= 11 is 0. The van der Waals surface area contributed by atoms with Gasteiger partial charge in [-0.2, -0.15) is 5.10 Å². The molecule has 0 saturated carbocycles. The number of anilines is 1. The molecule has 0 spiro atoms. The number of halogens is 1. The number of rotatable bonds is 10. The van der Waals surface area contributed by atoms with Gasteiger partial charge in [-0.25, -0.2) is 4.39 Å². The van der Waals surface area contributed by atoms with E-state index < -0.39 is 5.92 Å². The highest BCUT2D eigenvalue weighted by Gasteiger charge is 2.35. The van der Waals surface area contributed by atoms with Crippen LogP contribution in [0.2, 0.25) is 0 Å². The molecule has 1 amide bonds. The number of carbonyl (C=O) groups is 1. The summed E-state index contributed by atoms with van der Waals surface area (Å²) in [5.74, 6) is -0.296. The van der Waals surface area contributed by atoms with E-state index in [-0.39, 0.29) is 24.2 Å². The number of benzene rings is 2. The van der Waals surface area contributed by atoms with E-state index in [0.29, 0.717) is 43.0 Å². The average Bonchev–Trinajstić information content (AvgIpc) is 3.50. The standard InChI is InChI=1S/C36H36FN5O2/c1-25(2)33-16-14-29(20-39-33)42(22-27-19-40-41(21-27)23-28-11-6-7-18-38-28)36(43)31-13-8-12-30-34(17-15-32(37)35(30)31)44-24-26-9-4-3-5-10-26/h3-7,9-11,14-21,25,31H,8,12-13,22-24H2,1-2H3. The van der Waals surface area contributed by atoms with Crippen LogP contribution in [0.3, 0.4) is 0 Å². The maximum absolute atomic E-state index is 15.6. The Hall–Kier alpha value is -4.85. The van der Waals surface area contributed by atoms with Crippen molar-refractivity contribution in [2.24, 2.45) is 0 Å². The van der Waals surface area contributed by atoms with Crippen LogP contribution < -0.4 is 9.64 Å². The van der Waals surface area contributed by atoms with E-state index in [1.807, 2.05) is 71.5 Å². The Balaban J connectivity index is 1.30. The third-order valence-electron chi connectivity index (χ3n) is 8.08. The maximum Gasteiger partial charge on any atom is 0.235 e. The molecule has 0 radical (unpaired) electrons. The number of carbonyl (C=O) groups excluding carboxylic acids is 1. The van der Waals surface area contributed by atoms with E-state index in [9.17, 15) is 4.79 Å². The van der Waals surface area contributed by atoms with Crippen LogP contribution in [0.4, 0.5) is 10.1 Å². The van der Waals surface area contributed by atoms with Gasteiger partial charge in [-0.1, -0.05) is 50.2 Å². The van der Waals surface area contributed by atoms with Crippen molar-refractivity contribution in [1.82, 2.24) is 19.7 Å². The van der Waals surface area contributed by atoms with Crippen molar-refractivity contribution in [2.75, 3.05) is 4.90 Å². The van der Waals surface area contributed by atoms with Crippen LogP contribution in [0, 0.1) is 5.82 Å². The molecule has 0 bridgehead atoms. The number of amides is 1. The Bertz CT molecular complexity index is 1700. The number of fused-ring (bicyclic) bond motifs is 1. The molecule has 0 saturated heterocycles. The predicted octanol–water partition coefficient (Wildman–Crippen LogP) is 7.22. The van der Waals surface area contributed by atoms with E-state index in [0.717, 1.165) is 34.5 Å². The van der Waals surface area contributed by atoms with Crippen LogP contribution in [-0.2, 0) is 30.9 Å². The normalized spacial score (nSPS) is 14.3.